The van der Waals surface area contributed by atoms with Crippen molar-refractivity contribution < 1.29 is 9.90 Å². The second-order valence-corrected chi connectivity index (χ2v) is 3.60. The Morgan fingerprint density at radius 2 is 1.81 bits per heavy atom. The van der Waals surface area contributed by atoms with E-state index in [-0.39, 0.29) is 5.56 Å². The Labute approximate surface area is 96.6 Å². The average molecular weight is 235 g/mol. The molecule has 2 aromatic rings. The Morgan fingerprint density at radius 3 is 2.44 bits per heavy atom. The highest BCUT2D eigenvalue weighted by molar-refractivity contribution is 6.31. The number of aromatic nitrogens is 2. The molecule has 0 atom stereocenters. The van der Waals surface area contributed by atoms with Gasteiger partial charge in [0, 0.05) is 23.0 Å². The molecule has 16 heavy (non-hydrogen) atoms. The molecule has 0 radical (unpaired) electrons. The zero-order chi connectivity index (χ0) is 11.5. The van der Waals surface area contributed by atoms with E-state index in [1.54, 1.807) is 18.5 Å². The van der Waals surface area contributed by atoms with Crippen LogP contribution in [0.25, 0.3) is 11.1 Å². The van der Waals surface area contributed by atoms with Crippen LogP contribution in [0.2, 0.25) is 5.02 Å². The number of carbonyl (C=O) groups is 1. The first-order valence-electron chi connectivity index (χ1n) is 4.46. The Balaban J connectivity index is 2.54. The zero-order valence-electron chi connectivity index (χ0n) is 8.09. The van der Waals surface area contributed by atoms with Gasteiger partial charge in [-0.2, -0.15) is 0 Å². The van der Waals surface area contributed by atoms with Gasteiger partial charge < -0.3 is 5.11 Å². The summed E-state index contributed by atoms with van der Waals surface area (Å²) in [6.45, 7) is 0. The molecule has 0 aliphatic heterocycles. The molecule has 1 aromatic carbocycles. The van der Waals surface area contributed by atoms with Gasteiger partial charge in [-0.1, -0.05) is 11.6 Å². The molecule has 0 aliphatic rings. The van der Waals surface area contributed by atoms with Crippen LogP contribution in [0, 0.1) is 0 Å². The predicted octanol–water partition coefficient (Wildman–Crippen LogP) is 2.50. The van der Waals surface area contributed by atoms with Crippen molar-refractivity contribution in [2.24, 2.45) is 0 Å². The van der Waals surface area contributed by atoms with Crippen LogP contribution in [0.5, 0.6) is 0 Å². The van der Waals surface area contributed by atoms with Gasteiger partial charge in [-0.3, -0.25) is 0 Å². The molecule has 80 valence electrons. The Morgan fingerprint density at radius 1 is 1.12 bits per heavy atom. The highest BCUT2D eigenvalue weighted by Crippen LogP contribution is 2.23. The number of hydrogen-bond donors (Lipinski definition) is 1. The fourth-order valence-corrected chi connectivity index (χ4v) is 1.56. The van der Waals surface area contributed by atoms with Crippen LogP contribution in [0.1, 0.15) is 10.4 Å². The smallest absolute Gasteiger partial charge is 0.335 e. The van der Waals surface area contributed by atoms with Crippen LogP contribution in [0.15, 0.2) is 36.9 Å². The van der Waals surface area contributed by atoms with Crippen molar-refractivity contribution in [1.29, 1.82) is 0 Å². The van der Waals surface area contributed by atoms with Crippen LogP contribution >= 0.6 is 11.6 Å². The first-order valence-corrected chi connectivity index (χ1v) is 4.84. The number of hydrogen-bond acceptors (Lipinski definition) is 3. The molecule has 0 unspecified atom stereocenters. The third kappa shape index (κ3) is 2.17. The largest absolute Gasteiger partial charge is 0.478 e. The fourth-order valence-electron chi connectivity index (χ4n) is 1.33. The van der Waals surface area contributed by atoms with Gasteiger partial charge in [-0.25, -0.2) is 14.8 Å². The summed E-state index contributed by atoms with van der Waals surface area (Å²) in [6.07, 6.45) is 4.61. The number of carboxylic acids is 1. The molecule has 0 amide bonds. The number of aromatic carboxylic acids is 1. The first-order chi connectivity index (χ1) is 7.66. The molecule has 0 fully saturated rings. The molecule has 4 nitrogen and oxygen atoms in total. The molecule has 1 aromatic heterocycles. The van der Waals surface area contributed by atoms with E-state index in [2.05, 4.69) is 9.97 Å². The van der Waals surface area contributed by atoms with Gasteiger partial charge in [0.15, 0.2) is 0 Å². The minimum Gasteiger partial charge on any atom is -0.478 e. The molecular formula is C11H7ClN2O2. The summed E-state index contributed by atoms with van der Waals surface area (Å²) < 4.78 is 0. The number of benzene rings is 1. The van der Waals surface area contributed by atoms with E-state index in [0.29, 0.717) is 10.6 Å². The highest BCUT2D eigenvalue weighted by Gasteiger charge is 2.07. The highest BCUT2D eigenvalue weighted by atomic mass is 35.5. The first kappa shape index (κ1) is 10.6. The summed E-state index contributed by atoms with van der Waals surface area (Å²) in [6, 6.07) is 4.61. The molecule has 1 heterocycles. The van der Waals surface area contributed by atoms with Crippen molar-refractivity contribution in [3.05, 3.63) is 47.5 Å². The van der Waals surface area contributed by atoms with E-state index in [0.717, 1.165) is 5.56 Å². The lowest BCUT2D eigenvalue weighted by molar-refractivity contribution is 0.0697. The van der Waals surface area contributed by atoms with Crippen molar-refractivity contribution in [2.75, 3.05) is 0 Å². The van der Waals surface area contributed by atoms with Crippen molar-refractivity contribution >= 4 is 17.6 Å². The van der Waals surface area contributed by atoms with Gasteiger partial charge in [0.2, 0.25) is 0 Å². The maximum Gasteiger partial charge on any atom is 0.335 e. The van der Waals surface area contributed by atoms with Gasteiger partial charge in [0.1, 0.15) is 6.33 Å². The van der Waals surface area contributed by atoms with Crippen LogP contribution in [0.4, 0.5) is 0 Å². The SMILES string of the molecule is O=C(O)c1cc(Cl)cc(-c2cncnc2)c1. The summed E-state index contributed by atoms with van der Waals surface area (Å²) in [5.41, 5.74) is 1.56. The quantitative estimate of drug-likeness (QED) is 0.867. The fraction of sp³-hybridized carbons (Fsp3) is 0. The molecule has 0 aliphatic carbocycles. The van der Waals surface area contributed by atoms with E-state index in [1.807, 2.05) is 0 Å². The normalized spacial score (nSPS) is 10.1. The molecule has 0 saturated carbocycles. The average Bonchev–Trinajstić information content (AvgIpc) is 2.29. The maximum absolute atomic E-state index is 10.8. The summed E-state index contributed by atoms with van der Waals surface area (Å²) in [7, 11) is 0. The van der Waals surface area contributed by atoms with Crippen LogP contribution in [-0.4, -0.2) is 21.0 Å². The van der Waals surface area contributed by atoms with Crippen LogP contribution < -0.4 is 0 Å². The second-order valence-electron chi connectivity index (χ2n) is 3.16. The number of carboxylic acid groups (broad SMARTS) is 1. The van der Waals surface area contributed by atoms with E-state index in [9.17, 15) is 4.79 Å². The van der Waals surface area contributed by atoms with E-state index in [4.69, 9.17) is 16.7 Å². The lowest BCUT2D eigenvalue weighted by Gasteiger charge is -2.03. The van der Waals surface area contributed by atoms with Crippen LogP contribution in [0.3, 0.4) is 0 Å². The molecule has 0 bridgehead atoms. The van der Waals surface area contributed by atoms with Crippen molar-refractivity contribution in [1.82, 2.24) is 9.97 Å². The van der Waals surface area contributed by atoms with Gasteiger partial charge in [-0.05, 0) is 23.8 Å². The summed E-state index contributed by atoms with van der Waals surface area (Å²) in [5.74, 6) is -1.01. The third-order valence-corrected chi connectivity index (χ3v) is 2.26. The lowest BCUT2D eigenvalue weighted by Crippen LogP contribution is -1.96. The molecule has 0 saturated heterocycles. The van der Waals surface area contributed by atoms with Gasteiger partial charge in [0.05, 0.1) is 5.56 Å². The standard InChI is InChI=1S/C11H7ClN2O2/c12-10-2-7(1-8(3-10)11(15)16)9-4-13-6-14-5-9/h1-6H,(H,15,16). The lowest BCUT2D eigenvalue weighted by atomic mass is 10.1. The minimum atomic E-state index is -1.01. The van der Waals surface area contributed by atoms with Crippen LogP contribution in [-0.2, 0) is 0 Å². The minimum absolute atomic E-state index is 0.145. The second kappa shape index (κ2) is 4.28. The van der Waals surface area contributed by atoms with E-state index < -0.39 is 5.97 Å². The maximum atomic E-state index is 10.8. The van der Waals surface area contributed by atoms with Crippen molar-refractivity contribution in [3.8, 4) is 11.1 Å². The topological polar surface area (TPSA) is 63.1 Å². The van der Waals surface area contributed by atoms with Crippen molar-refractivity contribution in [2.45, 2.75) is 0 Å². The van der Waals surface area contributed by atoms with E-state index in [1.165, 1.54) is 18.5 Å². The monoisotopic (exact) mass is 234 g/mol. The van der Waals surface area contributed by atoms with Gasteiger partial charge in [0.25, 0.3) is 0 Å². The Hall–Kier alpha value is -1.94. The summed E-state index contributed by atoms with van der Waals surface area (Å²) in [4.78, 5) is 18.6. The van der Waals surface area contributed by atoms with Gasteiger partial charge in [-0.15, -0.1) is 0 Å². The predicted molar refractivity (Wildman–Crippen MR) is 59.4 cm³/mol. The summed E-state index contributed by atoms with van der Waals surface area (Å²) >= 11 is 5.84. The molecule has 1 N–H and O–H groups in total. The summed E-state index contributed by atoms with van der Waals surface area (Å²) in [5, 5.41) is 9.26. The molecule has 2 rings (SSSR count). The van der Waals surface area contributed by atoms with Gasteiger partial charge >= 0.3 is 5.97 Å². The van der Waals surface area contributed by atoms with Crippen molar-refractivity contribution in [3.63, 3.8) is 0 Å². The Kier molecular flexibility index (Phi) is 2.83. The molecular weight excluding hydrogens is 228 g/mol. The molecule has 5 heteroatoms. The van der Waals surface area contributed by atoms with E-state index >= 15 is 0 Å². The zero-order valence-corrected chi connectivity index (χ0v) is 8.85. The number of rotatable bonds is 2. The Bertz CT molecular complexity index is 529. The molecule has 0 spiro atoms. The number of halogens is 1. The third-order valence-electron chi connectivity index (χ3n) is 2.04. The number of nitrogens with zero attached hydrogens (tertiary/aromatic N) is 2.